The van der Waals surface area contributed by atoms with Crippen LogP contribution in [-0.2, 0) is 0 Å². The first-order valence-electron chi connectivity index (χ1n) is 9.89. The number of hydrogen-bond donors (Lipinski definition) is 3. The lowest BCUT2D eigenvalue weighted by Crippen LogP contribution is -2.51. The van der Waals surface area contributed by atoms with Gasteiger partial charge < -0.3 is 16.4 Å². The predicted octanol–water partition coefficient (Wildman–Crippen LogP) is 5.22. The van der Waals surface area contributed by atoms with Gasteiger partial charge in [0.25, 0.3) is 0 Å². The number of nitrogens with zero attached hydrogens (tertiary/aromatic N) is 3. The van der Waals surface area contributed by atoms with Crippen molar-refractivity contribution in [2.75, 3.05) is 24.1 Å². The Labute approximate surface area is 186 Å². The van der Waals surface area contributed by atoms with Gasteiger partial charge in [0.05, 0.1) is 21.3 Å². The molecule has 2 aromatic heterocycles. The van der Waals surface area contributed by atoms with E-state index in [-0.39, 0.29) is 37.5 Å². The van der Waals surface area contributed by atoms with Crippen molar-refractivity contribution in [1.29, 1.82) is 0 Å². The van der Waals surface area contributed by atoms with Crippen molar-refractivity contribution in [2.24, 2.45) is 0 Å². The molecule has 162 valence electrons. The molecule has 4 N–H and O–H groups in total. The van der Waals surface area contributed by atoms with E-state index in [1.54, 1.807) is 6.07 Å². The van der Waals surface area contributed by atoms with Crippen molar-refractivity contribution in [1.82, 2.24) is 20.3 Å². The van der Waals surface area contributed by atoms with Gasteiger partial charge >= 0.3 is 0 Å². The normalized spacial score (nSPS) is 13.7. The van der Waals surface area contributed by atoms with E-state index in [1.807, 2.05) is 0 Å². The monoisotopic (exact) mass is 462 g/mol. The Balaban J connectivity index is 0.000000730. The molecule has 1 aliphatic heterocycles. The summed E-state index contributed by atoms with van der Waals surface area (Å²) in [5.74, 6) is -0.557. The molecule has 1 aliphatic rings. The van der Waals surface area contributed by atoms with Crippen molar-refractivity contribution < 1.29 is 8.78 Å². The third-order valence-electron chi connectivity index (χ3n) is 4.72. The van der Waals surface area contributed by atoms with Crippen LogP contribution in [0, 0.1) is 11.6 Å². The average molecular weight is 463 g/mol. The van der Waals surface area contributed by atoms with E-state index in [4.69, 9.17) is 17.3 Å². The summed E-state index contributed by atoms with van der Waals surface area (Å²) in [5.41, 5.74) is 6.62. The number of rotatable bonds is 3. The van der Waals surface area contributed by atoms with E-state index in [0.29, 0.717) is 16.8 Å². The Hall–Kier alpha value is -2.62. The fourth-order valence-electron chi connectivity index (χ4n) is 3.27. The number of nitrogens with two attached hydrogens (primary N) is 1. The van der Waals surface area contributed by atoms with Crippen LogP contribution >= 0.6 is 22.9 Å². The lowest BCUT2D eigenvalue weighted by atomic mass is 10.0. The minimum atomic E-state index is -0.612. The van der Waals surface area contributed by atoms with Gasteiger partial charge in [-0.3, -0.25) is 0 Å². The molecule has 3 heterocycles. The maximum Gasteiger partial charge on any atom is 0.181 e. The summed E-state index contributed by atoms with van der Waals surface area (Å²) in [5, 5.41) is 7.25. The molecule has 2 aromatic carbocycles. The third-order valence-corrected chi connectivity index (χ3v) is 5.92. The van der Waals surface area contributed by atoms with Crippen molar-refractivity contribution in [2.45, 2.75) is 26.3 Å². The Morgan fingerprint density at radius 3 is 2.65 bits per heavy atom. The second kappa shape index (κ2) is 8.86. The molecule has 1 fully saturated rings. The van der Waals surface area contributed by atoms with Crippen LogP contribution in [0.25, 0.3) is 32.2 Å². The number of benzene rings is 2. The van der Waals surface area contributed by atoms with E-state index in [0.717, 1.165) is 24.4 Å². The molecule has 1 saturated heterocycles. The first-order valence-corrected chi connectivity index (χ1v) is 11.1. The number of halogens is 3. The van der Waals surface area contributed by atoms with Gasteiger partial charge in [-0.1, -0.05) is 43.2 Å². The van der Waals surface area contributed by atoms with E-state index in [2.05, 4.69) is 39.4 Å². The SMILES string of the molecule is CCC.Nc1nc2c(-c3c(Cl)cc4c(NC5CNC5)ncnc4c3F)ccc(F)c2s1. The molecule has 5 rings (SSSR count). The number of anilines is 2. The lowest BCUT2D eigenvalue weighted by Gasteiger charge is -2.28. The van der Waals surface area contributed by atoms with Gasteiger partial charge in [-0.15, -0.1) is 0 Å². The van der Waals surface area contributed by atoms with E-state index in [9.17, 15) is 4.39 Å². The van der Waals surface area contributed by atoms with Crippen LogP contribution in [0.3, 0.4) is 0 Å². The second-order valence-electron chi connectivity index (χ2n) is 7.20. The number of aromatic nitrogens is 3. The summed E-state index contributed by atoms with van der Waals surface area (Å²) in [4.78, 5) is 12.5. The number of nitrogens with one attached hydrogen (secondary N) is 2. The van der Waals surface area contributed by atoms with Crippen LogP contribution in [0.15, 0.2) is 24.5 Å². The molecule has 6 nitrogen and oxygen atoms in total. The smallest absolute Gasteiger partial charge is 0.181 e. The second-order valence-corrected chi connectivity index (χ2v) is 8.64. The number of thiazole rings is 1. The maximum absolute atomic E-state index is 15.5. The maximum atomic E-state index is 15.5. The molecule has 4 aromatic rings. The fraction of sp³-hybridized carbons (Fsp3) is 0.286. The molecule has 0 bridgehead atoms. The summed E-state index contributed by atoms with van der Waals surface area (Å²) in [6.45, 7) is 5.86. The first kappa shape index (κ1) is 21.6. The van der Waals surface area contributed by atoms with Gasteiger partial charge in [-0.2, -0.15) is 0 Å². The Morgan fingerprint density at radius 1 is 1.23 bits per heavy atom. The van der Waals surface area contributed by atoms with E-state index in [1.165, 1.54) is 24.9 Å². The minimum absolute atomic E-state index is 0.111. The summed E-state index contributed by atoms with van der Waals surface area (Å²) in [6.07, 6.45) is 2.55. The van der Waals surface area contributed by atoms with Gasteiger partial charge in [0.2, 0.25) is 0 Å². The summed E-state index contributed by atoms with van der Waals surface area (Å²) in [7, 11) is 0. The lowest BCUT2D eigenvalue weighted by molar-refractivity contribution is 0.471. The molecule has 0 aliphatic carbocycles. The zero-order valence-electron chi connectivity index (χ0n) is 17.0. The van der Waals surface area contributed by atoms with Crippen molar-refractivity contribution in [3.8, 4) is 11.1 Å². The van der Waals surface area contributed by atoms with E-state index < -0.39 is 11.6 Å². The van der Waals surface area contributed by atoms with Crippen LogP contribution in [0.4, 0.5) is 19.7 Å². The predicted molar refractivity (Wildman–Crippen MR) is 124 cm³/mol. The summed E-state index contributed by atoms with van der Waals surface area (Å²) in [6, 6.07) is 4.54. The van der Waals surface area contributed by atoms with Crippen molar-refractivity contribution in [3.05, 3.63) is 41.2 Å². The average Bonchev–Trinajstić information content (AvgIpc) is 3.10. The molecule has 10 heteroatoms. The van der Waals surface area contributed by atoms with Gasteiger partial charge in [-0.05, 0) is 18.2 Å². The van der Waals surface area contributed by atoms with E-state index >= 15 is 4.39 Å². The Bertz CT molecular complexity index is 1260. The molecular weight excluding hydrogens is 442 g/mol. The van der Waals surface area contributed by atoms with Crippen LogP contribution in [0.5, 0.6) is 0 Å². The third kappa shape index (κ3) is 4.00. The number of nitrogen functional groups attached to an aromatic ring is 1. The highest BCUT2D eigenvalue weighted by Crippen LogP contribution is 2.41. The molecule has 31 heavy (non-hydrogen) atoms. The highest BCUT2D eigenvalue weighted by atomic mass is 35.5. The highest BCUT2D eigenvalue weighted by molar-refractivity contribution is 7.22. The Kier molecular flexibility index (Phi) is 6.17. The number of hydrogen-bond acceptors (Lipinski definition) is 7. The Morgan fingerprint density at radius 2 is 1.97 bits per heavy atom. The van der Waals surface area contributed by atoms with Crippen molar-refractivity contribution >= 4 is 55.0 Å². The molecule has 0 atom stereocenters. The van der Waals surface area contributed by atoms with Gasteiger partial charge in [0.1, 0.15) is 23.5 Å². The molecule has 0 saturated carbocycles. The standard InChI is InChI=1S/C18H13ClF2N6S.C3H8/c19-10-3-9-14(24-6-25-17(9)26-7-4-23-5-7)13(21)12(10)8-1-2-11(20)16-15(8)27-18(22)28-16;1-3-2/h1-3,6-7,23H,4-5H2,(H2,22,27)(H,24,25,26);3H2,1-2H3. The van der Waals surface area contributed by atoms with Gasteiger partial charge in [0.15, 0.2) is 10.9 Å². The van der Waals surface area contributed by atoms with Crippen LogP contribution < -0.4 is 16.4 Å². The largest absolute Gasteiger partial charge is 0.375 e. The highest BCUT2D eigenvalue weighted by Gasteiger charge is 2.23. The molecule has 0 amide bonds. The fourth-order valence-corrected chi connectivity index (χ4v) is 4.33. The molecular formula is C21H21ClF2N6S. The summed E-state index contributed by atoms with van der Waals surface area (Å²) < 4.78 is 29.9. The van der Waals surface area contributed by atoms with Gasteiger partial charge in [-0.25, -0.2) is 23.7 Å². The van der Waals surface area contributed by atoms with Crippen LogP contribution in [0.1, 0.15) is 20.3 Å². The van der Waals surface area contributed by atoms with Crippen molar-refractivity contribution in [3.63, 3.8) is 0 Å². The minimum Gasteiger partial charge on any atom is -0.375 e. The summed E-state index contributed by atoms with van der Waals surface area (Å²) >= 11 is 7.47. The zero-order chi connectivity index (χ0) is 22.1. The quantitative estimate of drug-likeness (QED) is 0.387. The first-order chi connectivity index (χ1) is 14.9. The topological polar surface area (TPSA) is 88.8 Å². The van der Waals surface area contributed by atoms with Gasteiger partial charge in [0, 0.05) is 29.6 Å². The number of fused-ring (bicyclic) bond motifs is 2. The van der Waals surface area contributed by atoms with Crippen LogP contribution in [-0.4, -0.2) is 34.1 Å². The molecule has 0 radical (unpaired) electrons. The van der Waals surface area contributed by atoms with Crippen LogP contribution in [0.2, 0.25) is 5.02 Å². The zero-order valence-corrected chi connectivity index (χ0v) is 18.5. The molecule has 0 unspecified atom stereocenters. The molecule has 0 spiro atoms.